The summed E-state index contributed by atoms with van der Waals surface area (Å²) in [6, 6.07) is 16.4. The van der Waals surface area contributed by atoms with Crippen molar-refractivity contribution in [2.75, 3.05) is 27.1 Å². The summed E-state index contributed by atoms with van der Waals surface area (Å²) in [6.45, 7) is 1.09. The van der Waals surface area contributed by atoms with Gasteiger partial charge in [0.1, 0.15) is 23.6 Å². The second-order valence-corrected chi connectivity index (χ2v) is 5.90. The summed E-state index contributed by atoms with van der Waals surface area (Å²) in [6.07, 6.45) is 0. The van der Waals surface area contributed by atoms with Crippen LogP contribution in [0.25, 0.3) is 10.9 Å². The molecule has 3 rings (SSSR count). The molecule has 0 spiro atoms. The zero-order valence-electron chi connectivity index (χ0n) is 15.5. The molecule has 3 aromatic rings. The van der Waals surface area contributed by atoms with E-state index in [9.17, 15) is 9.90 Å². The monoisotopic (exact) mass is 383 g/mol. The van der Waals surface area contributed by atoms with Gasteiger partial charge in [-0.2, -0.15) is 0 Å². The fraction of sp³-hybridized carbons (Fsp3) is 0.238. The number of nitrogens with zero attached hydrogens (tertiary/aromatic N) is 1. The number of carboxylic acids is 1. The van der Waals surface area contributed by atoms with E-state index in [1.165, 1.54) is 6.07 Å². The van der Waals surface area contributed by atoms with Crippen molar-refractivity contribution >= 4 is 16.9 Å². The van der Waals surface area contributed by atoms with Gasteiger partial charge in [0.25, 0.3) is 0 Å². The van der Waals surface area contributed by atoms with Gasteiger partial charge in [-0.05, 0) is 17.7 Å². The van der Waals surface area contributed by atoms with Crippen molar-refractivity contribution in [3.63, 3.8) is 0 Å². The Morgan fingerprint density at radius 3 is 2.57 bits per heavy atom. The summed E-state index contributed by atoms with van der Waals surface area (Å²) in [5, 5.41) is 10.0. The molecule has 0 unspecified atom stereocenters. The van der Waals surface area contributed by atoms with Crippen LogP contribution in [0.1, 0.15) is 16.1 Å². The fourth-order valence-electron chi connectivity index (χ4n) is 2.61. The lowest BCUT2D eigenvalue weighted by molar-refractivity contribution is 0.00578. The van der Waals surface area contributed by atoms with Crippen LogP contribution in [0.4, 0.5) is 0 Å². The van der Waals surface area contributed by atoms with E-state index in [1.54, 1.807) is 25.3 Å². The van der Waals surface area contributed by atoms with Crippen LogP contribution >= 0.6 is 0 Å². The largest absolute Gasteiger partial charge is 0.490 e. The van der Waals surface area contributed by atoms with E-state index in [4.69, 9.17) is 18.9 Å². The average Bonchev–Trinajstić information content (AvgIpc) is 2.72. The molecule has 0 bridgehead atoms. The Kier molecular flexibility index (Phi) is 6.78. The molecule has 1 N–H and O–H groups in total. The van der Waals surface area contributed by atoms with Crippen LogP contribution in [0.2, 0.25) is 0 Å². The Morgan fingerprint density at radius 2 is 1.82 bits per heavy atom. The molecule has 0 atom stereocenters. The third kappa shape index (κ3) is 4.97. The van der Waals surface area contributed by atoms with Gasteiger partial charge in [-0.3, -0.25) is 0 Å². The maximum Gasteiger partial charge on any atom is 0.354 e. The molecule has 28 heavy (non-hydrogen) atoms. The summed E-state index contributed by atoms with van der Waals surface area (Å²) in [4.78, 5) is 15.7. The Morgan fingerprint density at radius 1 is 1.00 bits per heavy atom. The minimum atomic E-state index is -1.14. The molecule has 0 saturated carbocycles. The van der Waals surface area contributed by atoms with Crippen LogP contribution in [-0.4, -0.2) is 43.2 Å². The highest BCUT2D eigenvalue weighted by Crippen LogP contribution is 2.31. The molecule has 0 aliphatic heterocycles. The third-order valence-corrected chi connectivity index (χ3v) is 3.94. The minimum absolute atomic E-state index is 0.00680. The Bertz CT molecular complexity index is 929. The molecule has 0 saturated heterocycles. The van der Waals surface area contributed by atoms with Gasteiger partial charge < -0.3 is 24.1 Å². The number of para-hydroxylation sites is 1. The molecule has 0 aliphatic rings. The molecular weight excluding hydrogens is 362 g/mol. The van der Waals surface area contributed by atoms with Crippen molar-refractivity contribution in [1.29, 1.82) is 0 Å². The number of aromatic carboxylic acids is 1. The van der Waals surface area contributed by atoms with Gasteiger partial charge in [0, 0.05) is 18.6 Å². The number of pyridine rings is 1. The zero-order valence-corrected chi connectivity index (χ0v) is 15.5. The quantitative estimate of drug-likeness (QED) is 0.423. The highest BCUT2D eigenvalue weighted by atomic mass is 16.7. The van der Waals surface area contributed by atoms with Gasteiger partial charge in [0.2, 0.25) is 0 Å². The average molecular weight is 383 g/mol. The van der Waals surface area contributed by atoms with Gasteiger partial charge in [0.05, 0.1) is 13.2 Å². The molecule has 0 amide bonds. The van der Waals surface area contributed by atoms with Crippen LogP contribution in [0, 0.1) is 0 Å². The smallest absolute Gasteiger partial charge is 0.354 e. The van der Waals surface area contributed by atoms with E-state index >= 15 is 0 Å². The zero-order chi connectivity index (χ0) is 19.8. The van der Waals surface area contributed by atoms with E-state index in [0.717, 1.165) is 5.56 Å². The third-order valence-electron chi connectivity index (χ3n) is 3.94. The van der Waals surface area contributed by atoms with Crippen LogP contribution < -0.4 is 9.47 Å². The van der Waals surface area contributed by atoms with E-state index in [1.807, 2.05) is 30.3 Å². The molecule has 2 aromatic carbocycles. The number of aromatic nitrogens is 1. The molecule has 0 aliphatic carbocycles. The van der Waals surface area contributed by atoms with E-state index < -0.39 is 5.97 Å². The van der Waals surface area contributed by atoms with Crippen molar-refractivity contribution in [2.24, 2.45) is 0 Å². The first-order valence-corrected chi connectivity index (χ1v) is 8.72. The Balaban J connectivity index is 1.78. The fourth-order valence-corrected chi connectivity index (χ4v) is 2.61. The maximum atomic E-state index is 11.4. The van der Waals surface area contributed by atoms with E-state index in [0.29, 0.717) is 42.2 Å². The summed E-state index contributed by atoms with van der Waals surface area (Å²) >= 11 is 0. The van der Waals surface area contributed by atoms with Gasteiger partial charge in [-0.15, -0.1) is 0 Å². The number of fused-ring (bicyclic) bond motifs is 1. The number of hydrogen-bond acceptors (Lipinski definition) is 6. The number of methoxy groups -OCH3 is 1. The summed E-state index contributed by atoms with van der Waals surface area (Å²) in [5.41, 5.74) is 1.31. The van der Waals surface area contributed by atoms with Crippen molar-refractivity contribution in [2.45, 2.75) is 6.61 Å². The number of carbonyl (C=O) groups is 1. The van der Waals surface area contributed by atoms with Gasteiger partial charge in [-0.25, -0.2) is 9.78 Å². The van der Waals surface area contributed by atoms with Crippen molar-refractivity contribution in [3.8, 4) is 11.5 Å². The second-order valence-electron chi connectivity index (χ2n) is 5.90. The summed E-state index contributed by atoms with van der Waals surface area (Å²) in [7, 11) is 1.57. The number of carboxylic acid groups (broad SMARTS) is 1. The lowest BCUT2D eigenvalue weighted by atomic mass is 10.1. The van der Waals surface area contributed by atoms with Crippen LogP contribution in [0.15, 0.2) is 54.6 Å². The van der Waals surface area contributed by atoms with Gasteiger partial charge in [-0.1, -0.05) is 36.4 Å². The predicted molar refractivity (Wildman–Crippen MR) is 103 cm³/mol. The van der Waals surface area contributed by atoms with Gasteiger partial charge >= 0.3 is 5.97 Å². The second kappa shape index (κ2) is 9.68. The molecular formula is C21H21NO6. The summed E-state index contributed by atoms with van der Waals surface area (Å²) < 4.78 is 21.9. The van der Waals surface area contributed by atoms with E-state index in [2.05, 4.69) is 4.98 Å². The van der Waals surface area contributed by atoms with Crippen molar-refractivity contribution in [1.82, 2.24) is 4.98 Å². The highest BCUT2D eigenvalue weighted by molar-refractivity contribution is 5.95. The van der Waals surface area contributed by atoms with Crippen molar-refractivity contribution in [3.05, 3.63) is 65.9 Å². The Hall–Kier alpha value is -3.16. The lowest BCUT2D eigenvalue weighted by Gasteiger charge is -2.13. The molecule has 7 heteroatoms. The standard InChI is InChI=1S/C21H21NO6/c1-25-10-11-27-19-12-17(21(23)24)22-20-16(19)8-5-9-18(20)28-14-26-13-15-6-3-2-4-7-15/h2-9,12H,10-11,13-14H2,1H3,(H,23,24). The predicted octanol–water partition coefficient (Wildman–Crippen LogP) is 3.51. The molecule has 0 radical (unpaired) electrons. The molecule has 1 heterocycles. The SMILES string of the molecule is COCCOc1cc(C(=O)O)nc2c(OCOCc3ccccc3)cccc12. The molecule has 146 valence electrons. The van der Waals surface area contributed by atoms with Crippen LogP contribution in [-0.2, 0) is 16.1 Å². The first-order valence-electron chi connectivity index (χ1n) is 8.72. The van der Waals surface area contributed by atoms with Gasteiger partial charge in [0.15, 0.2) is 12.5 Å². The van der Waals surface area contributed by atoms with E-state index in [-0.39, 0.29) is 12.5 Å². The molecule has 0 fully saturated rings. The highest BCUT2D eigenvalue weighted by Gasteiger charge is 2.15. The maximum absolute atomic E-state index is 11.4. The minimum Gasteiger partial charge on any atom is -0.490 e. The first-order chi connectivity index (χ1) is 13.7. The number of rotatable bonds is 10. The van der Waals surface area contributed by atoms with Crippen molar-refractivity contribution < 1.29 is 28.8 Å². The number of benzene rings is 2. The lowest BCUT2D eigenvalue weighted by Crippen LogP contribution is -2.08. The molecule has 1 aromatic heterocycles. The van der Waals surface area contributed by atoms with Crippen LogP contribution in [0.3, 0.4) is 0 Å². The normalized spacial score (nSPS) is 10.8. The first kappa shape index (κ1) is 19.6. The number of ether oxygens (including phenoxy) is 4. The number of hydrogen-bond donors (Lipinski definition) is 1. The topological polar surface area (TPSA) is 87.1 Å². The molecule has 7 nitrogen and oxygen atoms in total. The van der Waals surface area contributed by atoms with Crippen LogP contribution in [0.5, 0.6) is 11.5 Å². The summed E-state index contributed by atoms with van der Waals surface area (Å²) in [5.74, 6) is -0.311. The Labute approximate surface area is 162 Å².